The Hall–Kier alpha value is -1.60. The number of sulfonamides is 1. The van der Waals surface area contributed by atoms with Crippen molar-refractivity contribution in [1.82, 2.24) is 4.72 Å². The van der Waals surface area contributed by atoms with Crippen molar-refractivity contribution in [3.8, 4) is 0 Å². The Morgan fingerprint density at radius 2 is 1.76 bits per heavy atom. The fourth-order valence-corrected chi connectivity index (χ4v) is 3.64. The van der Waals surface area contributed by atoms with Crippen LogP contribution in [0.5, 0.6) is 0 Å². The number of benzene rings is 1. The predicted octanol–water partition coefficient (Wildman–Crippen LogP) is -2.28. The molecule has 0 spiro atoms. The third-order valence-corrected chi connectivity index (χ3v) is 5.15. The highest BCUT2D eigenvalue weighted by Crippen LogP contribution is 2.22. The average molecular weight is 376 g/mol. The minimum absolute atomic E-state index is 0.181. The van der Waals surface area contributed by atoms with Crippen molar-refractivity contribution in [2.75, 3.05) is 11.9 Å². The predicted molar refractivity (Wildman–Crippen MR) is 84.8 cm³/mol. The number of hydrogen-bond donors (Lipinski definition) is 6. The molecule has 0 radical (unpaired) electrons. The van der Waals surface area contributed by atoms with Gasteiger partial charge in [0.05, 0.1) is 11.5 Å². The number of amides is 1. The molecule has 11 heteroatoms. The van der Waals surface area contributed by atoms with Gasteiger partial charge >= 0.3 is 0 Å². The van der Waals surface area contributed by atoms with E-state index in [-0.39, 0.29) is 10.8 Å². The number of carbonyl (C=O) groups excluding carboxylic acids is 1. The largest absolute Gasteiger partial charge is 0.394 e. The van der Waals surface area contributed by atoms with Gasteiger partial charge < -0.3 is 30.5 Å². The number of ether oxygens (including phenoxy) is 1. The molecule has 5 atom stereocenters. The Morgan fingerprint density at radius 3 is 2.28 bits per heavy atom. The highest BCUT2D eigenvalue weighted by atomic mass is 32.2. The minimum atomic E-state index is -4.15. The van der Waals surface area contributed by atoms with Crippen LogP contribution in [0.25, 0.3) is 0 Å². The van der Waals surface area contributed by atoms with Gasteiger partial charge in [-0.1, -0.05) is 0 Å². The molecule has 1 amide bonds. The van der Waals surface area contributed by atoms with Gasteiger partial charge in [0.15, 0.2) is 6.29 Å². The molecule has 1 heterocycles. The van der Waals surface area contributed by atoms with Crippen LogP contribution in [0.2, 0.25) is 0 Å². The van der Waals surface area contributed by atoms with Crippen LogP contribution in [-0.2, 0) is 19.6 Å². The zero-order valence-electron chi connectivity index (χ0n) is 13.2. The topological polar surface area (TPSA) is 165 Å². The summed E-state index contributed by atoms with van der Waals surface area (Å²) in [4.78, 5) is 10.8. The molecular formula is C14H20N2O8S. The Morgan fingerprint density at radius 1 is 1.16 bits per heavy atom. The van der Waals surface area contributed by atoms with E-state index >= 15 is 0 Å². The highest BCUT2D eigenvalue weighted by molar-refractivity contribution is 7.89. The Balaban J connectivity index is 2.16. The van der Waals surface area contributed by atoms with E-state index < -0.39 is 47.3 Å². The number of rotatable bonds is 5. The lowest BCUT2D eigenvalue weighted by atomic mass is 9.98. The molecule has 1 fully saturated rings. The van der Waals surface area contributed by atoms with Gasteiger partial charge in [-0.05, 0) is 24.3 Å². The summed E-state index contributed by atoms with van der Waals surface area (Å²) in [5, 5.41) is 41.1. The van der Waals surface area contributed by atoms with Gasteiger partial charge in [-0.3, -0.25) is 4.79 Å². The third-order valence-electron chi connectivity index (χ3n) is 3.68. The van der Waals surface area contributed by atoms with E-state index in [1.54, 1.807) is 0 Å². The maximum atomic E-state index is 12.4. The lowest BCUT2D eigenvalue weighted by Gasteiger charge is -2.40. The van der Waals surface area contributed by atoms with Crippen LogP contribution >= 0.6 is 0 Å². The smallest absolute Gasteiger partial charge is 0.241 e. The van der Waals surface area contributed by atoms with Crippen LogP contribution in [0.3, 0.4) is 0 Å². The summed E-state index contributed by atoms with van der Waals surface area (Å²) in [5.41, 5.74) is 0.397. The van der Waals surface area contributed by atoms with E-state index in [9.17, 15) is 28.5 Å². The fraction of sp³-hybridized carbons (Fsp3) is 0.500. The van der Waals surface area contributed by atoms with E-state index in [0.717, 1.165) is 0 Å². The van der Waals surface area contributed by atoms with E-state index in [2.05, 4.69) is 10.0 Å². The summed E-state index contributed by atoms with van der Waals surface area (Å²) in [7, 11) is -4.15. The van der Waals surface area contributed by atoms with Crippen LogP contribution in [0.15, 0.2) is 29.2 Å². The van der Waals surface area contributed by atoms with Gasteiger partial charge in [0.1, 0.15) is 24.4 Å². The van der Waals surface area contributed by atoms with Crippen molar-refractivity contribution in [2.45, 2.75) is 42.5 Å². The summed E-state index contributed by atoms with van der Waals surface area (Å²) in [5.74, 6) is -0.313. The van der Waals surface area contributed by atoms with Crippen LogP contribution < -0.4 is 10.0 Å². The van der Waals surface area contributed by atoms with E-state index in [1.807, 2.05) is 0 Å². The van der Waals surface area contributed by atoms with Crippen molar-refractivity contribution < 1.29 is 38.4 Å². The zero-order chi connectivity index (χ0) is 18.8. The van der Waals surface area contributed by atoms with Gasteiger partial charge in [0.2, 0.25) is 15.9 Å². The first kappa shape index (κ1) is 19.7. The van der Waals surface area contributed by atoms with Crippen LogP contribution in [0, 0.1) is 0 Å². The number of hydrogen-bond acceptors (Lipinski definition) is 8. The monoisotopic (exact) mass is 376 g/mol. The first-order chi connectivity index (χ1) is 11.7. The molecule has 6 N–H and O–H groups in total. The van der Waals surface area contributed by atoms with E-state index in [0.29, 0.717) is 5.69 Å². The summed E-state index contributed by atoms with van der Waals surface area (Å²) in [6.07, 6.45) is -6.26. The highest BCUT2D eigenvalue weighted by Gasteiger charge is 2.45. The standard InChI is InChI=1S/C14H20N2O8S/c1-7(18)15-8-2-4-9(5-3-8)25(22,23)16-11-13(20)12(19)10(6-17)24-14(11)21/h2-5,10-14,16-17,19-21H,6H2,1H3,(H,15,18). The third kappa shape index (κ3) is 4.52. The van der Waals surface area contributed by atoms with Gasteiger partial charge in [-0.2, -0.15) is 0 Å². The lowest BCUT2D eigenvalue weighted by Crippen LogP contribution is -2.64. The molecule has 1 saturated heterocycles. The lowest BCUT2D eigenvalue weighted by molar-refractivity contribution is -0.251. The molecule has 5 unspecified atom stereocenters. The number of nitrogens with one attached hydrogen (secondary N) is 2. The van der Waals surface area contributed by atoms with Crippen LogP contribution in [0.4, 0.5) is 5.69 Å². The first-order valence-electron chi connectivity index (χ1n) is 7.36. The summed E-state index contributed by atoms with van der Waals surface area (Å²) >= 11 is 0. The molecule has 1 aliphatic rings. The zero-order valence-corrected chi connectivity index (χ0v) is 14.0. The van der Waals surface area contributed by atoms with Crippen LogP contribution in [-0.4, -0.2) is 72.0 Å². The number of aliphatic hydroxyl groups is 4. The normalized spacial score (nSPS) is 30.0. The number of carbonyl (C=O) groups is 1. The van der Waals surface area contributed by atoms with E-state index in [4.69, 9.17) is 9.84 Å². The second-order valence-corrected chi connectivity index (χ2v) is 7.30. The molecule has 10 nitrogen and oxygen atoms in total. The first-order valence-corrected chi connectivity index (χ1v) is 8.84. The molecule has 0 bridgehead atoms. The van der Waals surface area contributed by atoms with Crippen molar-refractivity contribution in [3.63, 3.8) is 0 Å². The second kappa shape index (κ2) is 7.74. The molecule has 2 rings (SSSR count). The SMILES string of the molecule is CC(=O)Nc1ccc(S(=O)(=O)NC2C(O)OC(CO)C(O)C2O)cc1. The van der Waals surface area contributed by atoms with Crippen molar-refractivity contribution >= 4 is 21.6 Å². The van der Waals surface area contributed by atoms with E-state index in [1.165, 1.54) is 31.2 Å². The molecule has 0 saturated carbocycles. The summed E-state index contributed by atoms with van der Waals surface area (Å²) in [6, 6.07) is 3.66. The second-order valence-electron chi connectivity index (χ2n) is 5.58. The maximum absolute atomic E-state index is 12.4. The van der Waals surface area contributed by atoms with Crippen LogP contribution in [0.1, 0.15) is 6.92 Å². The summed E-state index contributed by atoms with van der Waals surface area (Å²) < 4.78 is 31.7. The van der Waals surface area contributed by atoms with Gasteiger partial charge in [-0.15, -0.1) is 0 Å². The van der Waals surface area contributed by atoms with Crippen molar-refractivity contribution in [1.29, 1.82) is 0 Å². The molecule has 1 aromatic rings. The molecule has 25 heavy (non-hydrogen) atoms. The fourth-order valence-electron chi connectivity index (χ4n) is 2.39. The Bertz CT molecular complexity index is 708. The molecule has 1 aromatic carbocycles. The molecule has 140 valence electrons. The molecular weight excluding hydrogens is 356 g/mol. The Labute approximate surface area is 144 Å². The van der Waals surface area contributed by atoms with Crippen molar-refractivity contribution in [2.24, 2.45) is 0 Å². The number of anilines is 1. The minimum Gasteiger partial charge on any atom is -0.394 e. The maximum Gasteiger partial charge on any atom is 0.241 e. The van der Waals surface area contributed by atoms with Crippen molar-refractivity contribution in [3.05, 3.63) is 24.3 Å². The van der Waals surface area contributed by atoms with Gasteiger partial charge in [0.25, 0.3) is 0 Å². The molecule has 1 aliphatic heterocycles. The van der Waals surface area contributed by atoms with Gasteiger partial charge in [-0.25, -0.2) is 13.1 Å². The van der Waals surface area contributed by atoms with Gasteiger partial charge in [0, 0.05) is 12.6 Å². The summed E-state index contributed by atoms with van der Waals surface area (Å²) in [6.45, 7) is 0.655. The Kier molecular flexibility index (Phi) is 6.11. The average Bonchev–Trinajstić information content (AvgIpc) is 2.55. The molecule has 0 aliphatic carbocycles. The quantitative estimate of drug-likeness (QED) is 0.334. The number of aliphatic hydroxyl groups excluding tert-OH is 4. The molecule has 0 aromatic heterocycles.